The fourth-order valence-electron chi connectivity index (χ4n) is 1.73. The van der Waals surface area contributed by atoms with Crippen LogP contribution in [0.5, 0.6) is 0 Å². The Morgan fingerprint density at radius 1 is 1.47 bits per heavy atom. The van der Waals surface area contributed by atoms with Crippen LogP contribution in [0.2, 0.25) is 0 Å². The smallest absolute Gasteiger partial charge is 0.284 e. The summed E-state index contributed by atoms with van der Waals surface area (Å²) in [6.07, 6.45) is 2.20. The molecule has 0 radical (unpaired) electrons. The highest BCUT2D eigenvalue weighted by atomic mass is 32.1. The molecule has 1 fully saturated rings. The maximum atomic E-state index is 12.0. The molecule has 2 heterocycles. The molecule has 1 aliphatic rings. The second-order valence-electron chi connectivity index (χ2n) is 4.12. The maximum Gasteiger partial charge on any atom is 0.284 e. The standard InChI is InChI=1S/C10H15N3OS/c1-7-3-5-13(6-4-7)10(14)9-11-8(2)12-15-9/h7H,3-6H2,1-2H3. The van der Waals surface area contributed by atoms with Gasteiger partial charge in [-0.1, -0.05) is 6.92 Å². The van der Waals surface area contributed by atoms with E-state index >= 15 is 0 Å². The van der Waals surface area contributed by atoms with E-state index in [1.54, 1.807) is 0 Å². The third kappa shape index (κ3) is 2.34. The van der Waals surface area contributed by atoms with Gasteiger partial charge in [0.2, 0.25) is 5.01 Å². The lowest BCUT2D eigenvalue weighted by Crippen LogP contribution is -2.37. The molecule has 0 bridgehead atoms. The molecule has 5 heteroatoms. The monoisotopic (exact) mass is 225 g/mol. The highest BCUT2D eigenvalue weighted by Gasteiger charge is 2.23. The van der Waals surface area contributed by atoms with Crippen LogP contribution in [0.25, 0.3) is 0 Å². The number of aryl methyl sites for hydroxylation is 1. The topological polar surface area (TPSA) is 46.1 Å². The van der Waals surface area contributed by atoms with Gasteiger partial charge in [-0.25, -0.2) is 4.98 Å². The minimum atomic E-state index is 0.0486. The first-order valence-electron chi connectivity index (χ1n) is 5.26. The number of hydrogen-bond donors (Lipinski definition) is 0. The van der Waals surface area contributed by atoms with E-state index in [0.717, 1.165) is 31.8 Å². The third-order valence-corrected chi connectivity index (χ3v) is 3.58. The second-order valence-corrected chi connectivity index (χ2v) is 4.87. The first kappa shape index (κ1) is 10.5. The molecule has 1 saturated heterocycles. The summed E-state index contributed by atoms with van der Waals surface area (Å²) in [5.41, 5.74) is 0. The molecule has 0 saturated carbocycles. The van der Waals surface area contributed by atoms with Gasteiger partial charge in [0, 0.05) is 13.1 Å². The zero-order chi connectivity index (χ0) is 10.8. The van der Waals surface area contributed by atoms with Crippen LogP contribution >= 0.6 is 11.5 Å². The van der Waals surface area contributed by atoms with Gasteiger partial charge in [0.15, 0.2) is 0 Å². The minimum Gasteiger partial charge on any atom is -0.337 e. The van der Waals surface area contributed by atoms with Gasteiger partial charge in [-0.15, -0.1) is 0 Å². The van der Waals surface area contributed by atoms with Gasteiger partial charge >= 0.3 is 0 Å². The van der Waals surface area contributed by atoms with Crippen LogP contribution < -0.4 is 0 Å². The zero-order valence-corrected chi connectivity index (χ0v) is 9.88. The van der Waals surface area contributed by atoms with Crippen molar-refractivity contribution in [2.45, 2.75) is 26.7 Å². The van der Waals surface area contributed by atoms with Gasteiger partial charge in [0.25, 0.3) is 5.91 Å². The first-order valence-corrected chi connectivity index (χ1v) is 6.03. The predicted octanol–water partition coefficient (Wildman–Crippen LogP) is 1.72. The number of likely N-dealkylation sites (tertiary alicyclic amines) is 1. The van der Waals surface area contributed by atoms with E-state index in [0.29, 0.717) is 10.8 Å². The summed E-state index contributed by atoms with van der Waals surface area (Å²) in [6, 6.07) is 0. The summed E-state index contributed by atoms with van der Waals surface area (Å²) in [6.45, 7) is 5.76. The summed E-state index contributed by atoms with van der Waals surface area (Å²) < 4.78 is 4.03. The molecule has 2 rings (SSSR count). The lowest BCUT2D eigenvalue weighted by molar-refractivity contribution is 0.0696. The Hall–Kier alpha value is -0.970. The molecule has 0 spiro atoms. The summed E-state index contributed by atoms with van der Waals surface area (Å²) in [5, 5.41) is 0.530. The van der Waals surface area contributed by atoms with Gasteiger partial charge in [0.1, 0.15) is 5.82 Å². The van der Waals surface area contributed by atoms with E-state index in [9.17, 15) is 4.79 Å². The van der Waals surface area contributed by atoms with Crippen LogP contribution in [0, 0.1) is 12.8 Å². The Morgan fingerprint density at radius 2 is 2.13 bits per heavy atom. The van der Waals surface area contributed by atoms with E-state index in [1.165, 1.54) is 11.5 Å². The van der Waals surface area contributed by atoms with Crippen molar-refractivity contribution < 1.29 is 4.79 Å². The van der Waals surface area contributed by atoms with Crippen molar-refractivity contribution in [3.05, 3.63) is 10.8 Å². The minimum absolute atomic E-state index is 0.0486. The van der Waals surface area contributed by atoms with Gasteiger partial charge in [-0.3, -0.25) is 4.79 Å². The highest BCUT2D eigenvalue weighted by molar-refractivity contribution is 7.07. The normalized spacial score (nSPS) is 18.1. The Labute approximate surface area is 93.5 Å². The summed E-state index contributed by atoms with van der Waals surface area (Å²) >= 11 is 1.20. The van der Waals surface area contributed by atoms with Crippen LogP contribution in [0.1, 0.15) is 35.4 Å². The summed E-state index contributed by atoms with van der Waals surface area (Å²) in [4.78, 5) is 18.0. The fourth-order valence-corrected chi connectivity index (χ4v) is 2.37. The van der Waals surface area contributed by atoms with Crippen molar-refractivity contribution in [3.63, 3.8) is 0 Å². The first-order chi connectivity index (χ1) is 7.16. The van der Waals surface area contributed by atoms with Crippen LogP contribution in [0.3, 0.4) is 0 Å². The largest absolute Gasteiger partial charge is 0.337 e. The number of aromatic nitrogens is 2. The number of carbonyl (C=O) groups excluding carboxylic acids is 1. The average Bonchev–Trinajstić information content (AvgIpc) is 2.65. The Bertz CT molecular complexity index is 355. The highest BCUT2D eigenvalue weighted by Crippen LogP contribution is 2.18. The van der Waals surface area contributed by atoms with E-state index in [-0.39, 0.29) is 5.91 Å². The molecule has 1 aliphatic heterocycles. The molecule has 0 aliphatic carbocycles. The summed E-state index contributed by atoms with van der Waals surface area (Å²) in [7, 11) is 0. The van der Waals surface area contributed by atoms with Crippen molar-refractivity contribution in [1.29, 1.82) is 0 Å². The van der Waals surface area contributed by atoms with Gasteiger partial charge in [0.05, 0.1) is 0 Å². The van der Waals surface area contributed by atoms with E-state index in [4.69, 9.17) is 0 Å². The van der Waals surface area contributed by atoms with Crippen LogP contribution in [-0.2, 0) is 0 Å². The number of hydrogen-bond acceptors (Lipinski definition) is 4. The molecule has 1 amide bonds. The van der Waals surface area contributed by atoms with Crippen molar-refractivity contribution in [1.82, 2.24) is 14.3 Å². The molecule has 82 valence electrons. The molecule has 0 aromatic carbocycles. The Balaban J connectivity index is 2.02. The van der Waals surface area contributed by atoms with Crippen molar-refractivity contribution in [2.75, 3.05) is 13.1 Å². The molecule has 1 aromatic rings. The molecule has 0 atom stereocenters. The SMILES string of the molecule is Cc1nsc(C(=O)N2CCC(C)CC2)n1. The maximum absolute atomic E-state index is 12.0. The number of carbonyl (C=O) groups is 1. The van der Waals surface area contributed by atoms with Gasteiger partial charge in [-0.2, -0.15) is 4.37 Å². The van der Waals surface area contributed by atoms with Gasteiger partial charge in [-0.05, 0) is 37.2 Å². The molecule has 0 unspecified atom stereocenters. The molecule has 4 nitrogen and oxygen atoms in total. The number of rotatable bonds is 1. The number of amides is 1. The fraction of sp³-hybridized carbons (Fsp3) is 0.700. The van der Waals surface area contributed by atoms with Crippen LogP contribution in [-0.4, -0.2) is 33.3 Å². The number of nitrogens with zero attached hydrogens (tertiary/aromatic N) is 3. The Kier molecular flexibility index (Phi) is 3.00. The van der Waals surface area contributed by atoms with E-state index < -0.39 is 0 Å². The zero-order valence-electron chi connectivity index (χ0n) is 9.06. The predicted molar refractivity (Wildman–Crippen MR) is 58.9 cm³/mol. The number of piperidine rings is 1. The van der Waals surface area contributed by atoms with Crippen LogP contribution in [0.15, 0.2) is 0 Å². The molecular formula is C10H15N3OS. The lowest BCUT2D eigenvalue weighted by Gasteiger charge is -2.29. The van der Waals surface area contributed by atoms with Gasteiger partial charge < -0.3 is 4.90 Å². The second kappa shape index (κ2) is 4.26. The molecule has 0 N–H and O–H groups in total. The summed E-state index contributed by atoms with van der Waals surface area (Å²) in [5.74, 6) is 1.48. The van der Waals surface area contributed by atoms with E-state index in [2.05, 4.69) is 16.3 Å². The van der Waals surface area contributed by atoms with E-state index in [1.807, 2.05) is 11.8 Å². The van der Waals surface area contributed by atoms with Crippen molar-refractivity contribution >= 4 is 17.4 Å². The quantitative estimate of drug-likeness (QED) is 0.731. The Morgan fingerprint density at radius 3 is 2.67 bits per heavy atom. The lowest BCUT2D eigenvalue weighted by atomic mass is 9.99. The molecule has 15 heavy (non-hydrogen) atoms. The third-order valence-electron chi connectivity index (χ3n) is 2.78. The average molecular weight is 225 g/mol. The molecule has 1 aromatic heterocycles. The van der Waals surface area contributed by atoms with Crippen molar-refractivity contribution in [2.24, 2.45) is 5.92 Å². The van der Waals surface area contributed by atoms with Crippen LogP contribution in [0.4, 0.5) is 0 Å². The molecular weight excluding hydrogens is 210 g/mol. The van der Waals surface area contributed by atoms with Crippen molar-refractivity contribution in [3.8, 4) is 0 Å².